The van der Waals surface area contributed by atoms with Crippen molar-refractivity contribution in [2.24, 2.45) is 0 Å². The molecule has 0 atom stereocenters. The van der Waals surface area contributed by atoms with Crippen LogP contribution < -0.4 is 0 Å². The summed E-state index contributed by atoms with van der Waals surface area (Å²) in [7, 11) is 0. The van der Waals surface area contributed by atoms with Gasteiger partial charge in [-0.25, -0.2) is 4.98 Å². The van der Waals surface area contributed by atoms with E-state index in [2.05, 4.69) is 30.3 Å². The van der Waals surface area contributed by atoms with Crippen molar-refractivity contribution in [3.63, 3.8) is 0 Å². The molecule has 2 aliphatic carbocycles. The van der Waals surface area contributed by atoms with Gasteiger partial charge in [-0.3, -0.25) is 4.79 Å². The van der Waals surface area contributed by atoms with Gasteiger partial charge in [0.25, 0.3) is 0 Å². The molecular weight excluding hydrogens is 270 g/mol. The van der Waals surface area contributed by atoms with E-state index in [0.29, 0.717) is 6.42 Å². The lowest BCUT2D eigenvalue weighted by atomic mass is 9.84. The lowest BCUT2D eigenvalue weighted by Crippen LogP contribution is -2.17. The number of rotatable bonds is 1. The summed E-state index contributed by atoms with van der Waals surface area (Å²) in [6, 6.07) is 10.6. The lowest BCUT2D eigenvalue weighted by molar-refractivity contribution is 0.0967. The Labute approximate surface area is 131 Å². The first kappa shape index (κ1) is 13.7. The van der Waals surface area contributed by atoms with E-state index in [-0.39, 0.29) is 5.78 Å². The van der Waals surface area contributed by atoms with Gasteiger partial charge in [0.1, 0.15) is 5.69 Å². The highest BCUT2D eigenvalue weighted by Crippen LogP contribution is 2.37. The molecule has 0 bridgehead atoms. The predicted octanol–water partition coefficient (Wildman–Crippen LogP) is 4.54. The van der Waals surface area contributed by atoms with Crippen LogP contribution in [0, 0.1) is 0 Å². The molecule has 0 saturated carbocycles. The number of aryl methyl sites for hydroxylation is 1. The molecule has 1 aromatic carbocycles. The van der Waals surface area contributed by atoms with Crippen molar-refractivity contribution in [1.82, 2.24) is 4.98 Å². The number of carbonyl (C=O) groups excluding carboxylic acids is 1. The highest BCUT2D eigenvalue weighted by Gasteiger charge is 2.27. The zero-order chi connectivity index (χ0) is 14.9. The van der Waals surface area contributed by atoms with Crippen molar-refractivity contribution in [2.75, 3.05) is 0 Å². The van der Waals surface area contributed by atoms with Crippen molar-refractivity contribution in [2.45, 2.75) is 51.4 Å². The average Bonchev–Trinajstić information content (AvgIpc) is 2.79. The van der Waals surface area contributed by atoms with Gasteiger partial charge in [-0.05, 0) is 60.8 Å². The molecule has 0 fully saturated rings. The zero-order valence-electron chi connectivity index (χ0n) is 12.9. The first-order chi connectivity index (χ1) is 10.8. The van der Waals surface area contributed by atoms with Gasteiger partial charge in [0.2, 0.25) is 0 Å². The summed E-state index contributed by atoms with van der Waals surface area (Å²) in [5.41, 5.74) is 7.17. The number of carbonyl (C=O) groups is 1. The standard InChI is InChI=1S/C20H21NO/c22-18-13-7-11-16-19(14-8-3-1-4-9-14)15-10-5-2-6-12-17(15)21-20(16)18/h1,3-4,8-9H,2,5-7,10-13H2. The van der Waals surface area contributed by atoms with E-state index >= 15 is 0 Å². The number of aromatic nitrogens is 1. The molecule has 1 heterocycles. The van der Waals surface area contributed by atoms with Gasteiger partial charge >= 0.3 is 0 Å². The maximum atomic E-state index is 12.4. The van der Waals surface area contributed by atoms with E-state index in [4.69, 9.17) is 4.98 Å². The molecule has 0 saturated heterocycles. The minimum absolute atomic E-state index is 0.241. The van der Waals surface area contributed by atoms with Gasteiger partial charge in [0, 0.05) is 12.1 Å². The van der Waals surface area contributed by atoms with Crippen LogP contribution in [0.25, 0.3) is 11.1 Å². The van der Waals surface area contributed by atoms with Crippen molar-refractivity contribution >= 4 is 5.78 Å². The van der Waals surface area contributed by atoms with E-state index in [1.807, 2.05) is 0 Å². The highest BCUT2D eigenvalue weighted by molar-refractivity contribution is 5.99. The number of nitrogens with zero attached hydrogens (tertiary/aromatic N) is 1. The van der Waals surface area contributed by atoms with Crippen LogP contribution >= 0.6 is 0 Å². The largest absolute Gasteiger partial charge is 0.292 e. The molecule has 2 aliphatic rings. The second kappa shape index (κ2) is 5.68. The molecule has 0 aliphatic heterocycles. The molecular formula is C20H21NO. The summed E-state index contributed by atoms with van der Waals surface area (Å²) in [6.07, 6.45) is 8.44. The third-order valence-corrected chi connectivity index (χ3v) is 4.98. The van der Waals surface area contributed by atoms with Gasteiger partial charge in [0.05, 0.1) is 0 Å². The van der Waals surface area contributed by atoms with Crippen LogP contribution in [0.4, 0.5) is 0 Å². The molecule has 22 heavy (non-hydrogen) atoms. The van der Waals surface area contributed by atoms with E-state index in [9.17, 15) is 4.79 Å². The fraction of sp³-hybridized carbons (Fsp3) is 0.400. The summed E-state index contributed by atoms with van der Waals surface area (Å²) in [5.74, 6) is 0.241. The normalized spacial score (nSPS) is 17.5. The van der Waals surface area contributed by atoms with Crippen LogP contribution in [0.15, 0.2) is 30.3 Å². The first-order valence-corrected chi connectivity index (χ1v) is 8.48. The van der Waals surface area contributed by atoms with E-state index in [0.717, 1.165) is 31.4 Å². The number of ketones is 1. The zero-order valence-corrected chi connectivity index (χ0v) is 12.9. The monoisotopic (exact) mass is 291 g/mol. The maximum absolute atomic E-state index is 12.4. The molecule has 0 radical (unpaired) electrons. The Morgan fingerprint density at radius 2 is 1.55 bits per heavy atom. The third kappa shape index (κ3) is 2.27. The summed E-state index contributed by atoms with van der Waals surface area (Å²) < 4.78 is 0. The maximum Gasteiger partial charge on any atom is 0.181 e. The molecule has 112 valence electrons. The number of hydrogen-bond donors (Lipinski definition) is 0. The first-order valence-electron chi connectivity index (χ1n) is 8.48. The smallest absolute Gasteiger partial charge is 0.181 e. The van der Waals surface area contributed by atoms with E-state index < -0.39 is 0 Å². The Balaban J connectivity index is 2.01. The fourth-order valence-electron chi connectivity index (χ4n) is 3.93. The second-order valence-corrected chi connectivity index (χ2v) is 6.44. The van der Waals surface area contributed by atoms with Crippen LogP contribution in [-0.2, 0) is 19.3 Å². The van der Waals surface area contributed by atoms with Gasteiger partial charge in [-0.15, -0.1) is 0 Å². The lowest BCUT2D eigenvalue weighted by Gasteiger charge is -2.23. The number of pyridine rings is 1. The summed E-state index contributed by atoms with van der Waals surface area (Å²) in [4.78, 5) is 17.2. The Morgan fingerprint density at radius 1 is 0.773 bits per heavy atom. The molecule has 0 unspecified atom stereocenters. The van der Waals surface area contributed by atoms with Crippen molar-refractivity contribution in [3.05, 3.63) is 52.8 Å². The average molecular weight is 291 g/mol. The Hall–Kier alpha value is -1.96. The number of Topliss-reactive ketones (excluding diaryl/α,β-unsaturated/α-hetero) is 1. The molecule has 2 heteroatoms. The van der Waals surface area contributed by atoms with Crippen LogP contribution in [-0.4, -0.2) is 10.8 Å². The van der Waals surface area contributed by atoms with Gasteiger partial charge in [0.15, 0.2) is 5.78 Å². The second-order valence-electron chi connectivity index (χ2n) is 6.44. The van der Waals surface area contributed by atoms with Crippen LogP contribution in [0.3, 0.4) is 0 Å². The van der Waals surface area contributed by atoms with Crippen molar-refractivity contribution in [3.8, 4) is 11.1 Å². The Morgan fingerprint density at radius 3 is 2.41 bits per heavy atom. The van der Waals surface area contributed by atoms with Crippen LogP contribution in [0.1, 0.15) is 59.4 Å². The molecule has 4 rings (SSSR count). The van der Waals surface area contributed by atoms with Crippen molar-refractivity contribution < 1.29 is 4.79 Å². The quantitative estimate of drug-likeness (QED) is 0.722. The Bertz CT molecular complexity index is 718. The van der Waals surface area contributed by atoms with Crippen LogP contribution in [0.2, 0.25) is 0 Å². The number of benzene rings is 1. The highest BCUT2D eigenvalue weighted by atomic mass is 16.1. The summed E-state index contributed by atoms with van der Waals surface area (Å²) in [5, 5.41) is 0. The molecule has 2 nitrogen and oxygen atoms in total. The van der Waals surface area contributed by atoms with Crippen molar-refractivity contribution in [1.29, 1.82) is 0 Å². The number of fused-ring (bicyclic) bond motifs is 2. The minimum Gasteiger partial charge on any atom is -0.292 e. The van der Waals surface area contributed by atoms with E-state index in [1.165, 1.54) is 47.2 Å². The SMILES string of the molecule is O=C1CCCc2c1nc1c(c2-c2ccccc2)CCCCC1. The van der Waals surface area contributed by atoms with Gasteiger partial charge in [-0.2, -0.15) is 0 Å². The number of hydrogen-bond acceptors (Lipinski definition) is 2. The van der Waals surface area contributed by atoms with Gasteiger partial charge in [-0.1, -0.05) is 36.8 Å². The van der Waals surface area contributed by atoms with E-state index in [1.54, 1.807) is 0 Å². The molecule has 0 spiro atoms. The summed E-state index contributed by atoms with van der Waals surface area (Å²) in [6.45, 7) is 0. The Kier molecular flexibility index (Phi) is 3.53. The summed E-state index contributed by atoms with van der Waals surface area (Å²) >= 11 is 0. The van der Waals surface area contributed by atoms with Gasteiger partial charge < -0.3 is 0 Å². The molecule has 0 N–H and O–H groups in total. The van der Waals surface area contributed by atoms with Crippen LogP contribution in [0.5, 0.6) is 0 Å². The third-order valence-electron chi connectivity index (χ3n) is 4.98. The molecule has 0 amide bonds. The minimum atomic E-state index is 0.241. The fourth-order valence-corrected chi connectivity index (χ4v) is 3.93. The predicted molar refractivity (Wildman–Crippen MR) is 88.2 cm³/mol. The molecule has 2 aromatic rings. The topological polar surface area (TPSA) is 30.0 Å². The molecule has 1 aromatic heterocycles.